The van der Waals surface area contributed by atoms with Crippen molar-refractivity contribution >= 4 is 23.2 Å². The summed E-state index contributed by atoms with van der Waals surface area (Å²) in [7, 11) is 0. The van der Waals surface area contributed by atoms with Crippen molar-refractivity contribution in [3.8, 4) is 0 Å². The number of nitrogens with zero attached hydrogens (tertiary/aromatic N) is 2. The first-order valence-electron chi connectivity index (χ1n) is 7.49. The highest BCUT2D eigenvalue weighted by molar-refractivity contribution is 7.09. The van der Waals surface area contributed by atoms with Crippen LogP contribution in [0.5, 0.6) is 0 Å². The molecule has 3 atom stereocenters. The lowest BCUT2D eigenvalue weighted by Gasteiger charge is -2.40. The lowest BCUT2D eigenvalue weighted by Crippen LogP contribution is -2.64. The minimum Gasteiger partial charge on any atom is -0.342 e. The third-order valence-electron chi connectivity index (χ3n) is 4.28. The molecule has 1 fully saturated rings. The van der Waals surface area contributed by atoms with Crippen LogP contribution in [0.15, 0.2) is 5.51 Å². The standard InChI is InChI=1S/C15H23N3O2S/c1-5-9(3)13-15(20)18(11(6-2)14(19)17-13)7-12-10(4)16-8-21-12/h8-9,11,13H,5-7H2,1-4H3,(H,17,19). The number of thiazole rings is 1. The van der Waals surface area contributed by atoms with Gasteiger partial charge in [-0.3, -0.25) is 9.59 Å². The molecule has 0 bridgehead atoms. The number of piperazine rings is 1. The zero-order valence-electron chi connectivity index (χ0n) is 13.0. The molecule has 21 heavy (non-hydrogen) atoms. The van der Waals surface area contributed by atoms with Gasteiger partial charge in [-0.05, 0) is 19.3 Å². The van der Waals surface area contributed by atoms with Crippen LogP contribution < -0.4 is 5.32 Å². The SMILES string of the molecule is CCC(C)C1NC(=O)C(CC)N(Cc2scnc2C)C1=O. The summed E-state index contributed by atoms with van der Waals surface area (Å²) < 4.78 is 0. The van der Waals surface area contributed by atoms with E-state index >= 15 is 0 Å². The molecular weight excluding hydrogens is 286 g/mol. The van der Waals surface area contributed by atoms with Gasteiger partial charge in [0.25, 0.3) is 0 Å². The van der Waals surface area contributed by atoms with Gasteiger partial charge in [-0.15, -0.1) is 11.3 Å². The van der Waals surface area contributed by atoms with E-state index in [-0.39, 0.29) is 23.8 Å². The Morgan fingerprint density at radius 1 is 1.43 bits per heavy atom. The molecule has 0 spiro atoms. The maximum Gasteiger partial charge on any atom is 0.246 e. The molecule has 2 rings (SSSR count). The normalized spacial score (nSPS) is 24.1. The summed E-state index contributed by atoms with van der Waals surface area (Å²) >= 11 is 1.54. The monoisotopic (exact) mass is 309 g/mol. The van der Waals surface area contributed by atoms with E-state index in [0.29, 0.717) is 13.0 Å². The van der Waals surface area contributed by atoms with Crippen molar-refractivity contribution in [1.29, 1.82) is 0 Å². The van der Waals surface area contributed by atoms with Gasteiger partial charge < -0.3 is 10.2 Å². The molecule has 1 aromatic heterocycles. The molecule has 0 aliphatic carbocycles. The summed E-state index contributed by atoms with van der Waals surface area (Å²) in [6, 6.07) is -0.780. The second-order valence-electron chi connectivity index (χ2n) is 5.62. The van der Waals surface area contributed by atoms with Gasteiger partial charge in [-0.1, -0.05) is 27.2 Å². The van der Waals surface area contributed by atoms with Crippen LogP contribution in [-0.2, 0) is 16.1 Å². The molecule has 0 radical (unpaired) electrons. The summed E-state index contributed by atoms with van der Waals surface area (Å²) in [5, 5.41) is 2.90. The number of rotatable bonds is 5. The summed E-state index contributed by atoms with van der Waals surface area (Å²) in [6.07, 6.45) is 1.49. The molecule has 1 aliphatic heterocycles. The van der Waals surface area contributed by atoms with Crippen molar-refractivity contribution in [2.24, 2.45) is 5.92 Å². The summed E-state index contributed by atoms with van der Waals surface area (Å²) in [6.45, 7) is 8.40. The van der Waals surface area contributed by atoms with Gasteiger partial charge >= 0.3 is 0 Å². The van der Waals surface area contributed by atoms with Gasteiger partial charge in [0.05, 0.1) is 17.7 Å². The molecule has 116 valence electrons. The predicted molar refractivity (Wildman–Crippen MR) is 82.9 cm³/mol. The second-order valence-corrected chi connectivity index (χ2v) is 6.56. The quantitative estimate of drug-likeness (QED) is 0.906. The van der Waals surface area contributed by atoms with E-state index in [1.54, 1.807) is 10.4 Å². The first-order chi connectivity index (χ1) is 9.99. The molecule has 1 aromatic rings. The zero-order valence-corrected chi connectivity index (χ0v) is 13.9. The Kier molecular flexibility index (Phi) is 4.98. The van der Waals surface area contributed by atoms with Crippen molar-refractivity contribution in [1.82, 2.24) is 15.2 Å². The number of hydrogen-bond donors (Lipinski definition) is 1. The minimum atomic E-state index is -0.404. The summed E-state index contributed by atoms with van der Waals surface area (Å²) in [5.74, 6) is 0.137. The smallest absolute Gasteiger partial charge is 0.246 e. The minimum absolute atomic E-state index is 0.0311. The molecule has 5 nitrogen and oxygen atoms in total. The Morgan fingerprint density at radius 2 is 2.14 bits per heavy atom. The molecule has 0 saturated carbocycles. The van der Waals surface area contributed by atoms with Gasteiger partial charge in [0.2, 0.25) is 11.8 Å². The molecule has 6 heteroatoms. The molecule has 1 saturated heterocycles. The maximum absolute atomic E-state index is 12.8. The zero-order chi connectivity index (χ0) is 15.6. The topological polar surface area (TPSA) is 62.3 Å². The molecule has 0 aromatic carbocycles. The third-order valence-corrected chi connectivity index (χ3v) is 5.20. The number of amides is 2. The van der Waals surface area contributed by atoms with Crippen molar-refractivity contribution < 1.29 is 9.59 Å². The van der Waals surface area contributed by atoms with Crippen molar-refractivity contribution in [3.05, 3.63) is 16.1 Å². The predicted octanol–water partition coefficient (Wildman–Crippen LogP) is 2.10. The van der Waals surface area contributed by atoms with Gasteiger partial charge in [-0.2, -0.15) is 0 Å². The fourth-order valence-electron chi connectivity index (χ4n) is 2.63. The van der Waals surface area contributed by atoms with Crippen LogP contribution >= 0.6 is 11.3 Å². The number of nitrogens with one attached hydrogen (secondary N) is 1. The van der Waals surface area contributed by atoms with E-state index < -0.39 is 6.04 Å². The summed E-state index contributed by atoms with van der Waals surface area (Å²) in [4.78, 5) is 32.1. The average Bonchev–Trinajstić information content (AvgIpc) is 2.87. The Bertz CT molecular complexity index is 529. The van der Waals surface area contributed by atoms with Crippen LogP contribution in [0, 0.1) is 12.8 Å². The van der Waals surface area contributed by atoms with Crippen LogP contribution in [0.1, 0.15) is 44.2 Å². The van der Waals surface area contributed by atoms with Crippen LogP contribution in [0.2, 0.25) is 0 Å². The number of carbonyl (C=O) groups is 2. The van der Waals surface area contributed by atoms with E-state index in [2.05, 4.69) is 10.3 Å². The lowest BCUT2D eigenvalue weighted by atomic mass is 9.93. The maximum atomic E-state index is 12.8. The van der Waals surface area contributed by atoms with Crippen LogP contribution in [0.3, 0.4) is 0 Å². The van der Waals surface area contributed by atoms with E-state index in [9.17, 15) is 9.59 Å². The molecule has 3 unspecified atom stereocenters. The average molecular weight is 309 g/mol. The number of aromatic nitrogens is 1. The first-order valence-corrected chi connectivity index (χ1v) is 8.37. The van der Waals surface area contributed by atoms with E-state index in [1.165, 1.54) is 11.3 Å². The molecule has 2 heterocycles. The summed E-state index contributed by atoms with van der Waals surface area (Å²) in [5.41, 5.74) is 2.72. The fraction of sp³-hybridized carbons (Fsp3) is 0.667. The highest BCUT2D eigenvalue weighted by atomic mass is 32.1. The lowest BCUT2D eigenvalue weighted by molar-refractivity contribution is -0.151. The Hall–Kier alpha value is -1.43. The third kappa shape index (κ3) is 3.10. The van der Waals surface area contributed by atoms with E-state index in [0.717, 1.165) is 17.0 Å². The first kappa shape index (κ1) is 15.9. The van der Waals surface area contributed by atoms with Gasteiger partial charge in [0.1, 0.15) is 12.1 Å². The Labute approximate surface area is 129 Å². The van der Waals surface area contributed by atoms with Crippen LogP contribution in [-0.4, -0.2) is 33.8 Å². The highest BCUT2D eigenvalue weighted by Gasteiger charge is 2.41. The van der Waals surface area contributed by atoms with Crippen LogP contribution in [0.25, 0.3) is 0 Å². The number of hydrogen-bond acceptors (Lipinski definition) is 4. The van der Waals surface area contributed by atoms with Crippen LogP contribution in [0.4, 0.5) is 0 Å². The second kappa shape index (κ2) is 6.56. The largest absolute Gasteiger partial charge is 0.342 e. The number of carbonyl (C=O) groups excluding carboxylic acids is 2. The van der Waals surface area contributed by atoms with Crippen molar-refractivity contribution in [2.75, 3.05) is 0 Å². The fourth-order valence-corrected chi connectivity index (χ4v) is 3.41. The molecule has 1 N–H and O–H groups in total. The molecule has 1 aliphatic rings. The van der Waals surface area contributed by atoms with Gasteiger partial charge in [-0.25, -0.2) is 4.98 Å². The van der Waals surface area contributed by atoms with Crippen molar-refractivity contribution in [3.63, 3.8) is 0 Å². The highest BCUT2D eigenvalue weighted by Crippen LogP contribution is 2.24. The van der Waals surface area contributed by atoms with Crippen molar-refractivity contribution in [2.45, 2.75) is 59.2 Å². The Balaban J connectivity index is 2.26. The Morgan fingerprint density at radius 3 is 2.67 bits per heavy atom. The van der Waals surface area contributed by atoms with Gasteiger partial charge in [0.15, 0.2) is 0 Å². The molecular formula is C15H23N3O2S. The van der Waals surface area contributed by atoms with E-state index in [1.807, 2.05) is 27.7 Å². The number of aryl methyl sites for hydroxylation is 1. The van der Waals surface area contributed by atoms with E-state index in [4.69, 9.17) is 0 Å². The van der Waals surface area contributed by atoms with Gasteiger partial charge in [0, 0.05) is 4.88 Å². The molecule has 2 amide bonds.